The molecule has 5 nitrogen and oxygen atoms in total. The van der Waals surface area contributed by atoms with Crippen molar-refractivity contribution < 1.29 is 14.4 Å². The Kier molecular flexibility index (Phi) is 4.79. The number of amides is 3. The zero-order valence-electron chi connectivity index (χ0n) is 13.2. The number of fused-ring (bicyclic) bond motifs is 1. The molecule has 3 amide bonds. The molecule has 0 radical (unpaired) electrons. The fourth-order valence-corrected chi connectivity index (χ4v) is 4.23. The van der Waals surface area contributed by atoms with E-state index in [9.17, 15) is 14.4 Å². The number of likely N-dealkylation sites (tertiary alicyclic amines) is 1. The first-order valence-corrected chi connectivity index (χ1v) is 8.81. The standard InChI is InChI=1S/C17H26N2O3/c20-15(18-12-7-3-1-2-4-8-12)11-19-16(21)13-9-5-6-10-14(13)17(19)22/h12-14H,1-11H2,(H,18,20)/t13-,14-/m0/s1. The van der Waals surface area contributed by atoms with Crippen LogP contribution in [0.1, 0.15) is 64.2 Å². The Morgan fingerprint density at radius 3 is 1.91 bits per heavy atom. The molecule has 2 atom stereocenters. The summed E-state index contributed by atoms with van der Waals surface area (Å²) < 4.78 is 0. The number of imide groups is 1. The van der Waals surface area contributed by atoms with E-state index in [2.05, 4.69) is 5.32 Å². The molecule has 1 heterocycles. The number of nitrogens with zero attached hydrogens (tertiary/aromatic N) is 1. The molecule has 0 aromatic carbocycles. The van der Waals surface area contributed by atoms with Crippen LogP contribution in [0, 0.1) is 11.8 Å². The topological polar surface area (TPSA) is 66.5 Å². The second-order valence-electron chi connectivity index (χ2n) is 7.02. The number of carbonyl (C=O) groups excluding carboxylic acids is 3. The number of hydrogen-bond donors (Lipinski definition) is 1. The molecule has 1 saturated heterocycles. The summed E-state index contributed by atoms with van der Waals surface area (Å²) in [5, 5.41) is 3.02. The van der Waals surface area contributed by atoms with Gasteiger partial charge in [-0.1, -0.05) is 38.5 Å². The van der Waals surface area contributed by atoms with Gasteiger partial charge in [-0.05, 0) is 25.7 Å². The van der Waals surface area contributed by atoms with Crippen molar-refractivity contribution in [2.24, 2.45) is 11.8 Å². The molecule has 1 aliphatic heterocycles. The van der Waals surface area contributed by atoms with Crippen molar-refractivity contribution in [1.29, 1.82) is 0 Å². The molecule has 1 N–H and O–H groups in total. The lowest BCUT2D eigenvalue weighted by molar-refractivity contribution is -0.143. The minimum absolute atomic E-state index is 0.0822. The summed E-state index contributed by atoms with van der Waals surface area (Å²) in [6.07, 6.45) is 10.4. The van der Waals surface area contributed by atoms with Gasteiger partial charge in [0.15, 0.2) is 0 Å². The van der Waals surface area contributed by atoms with Crippen molar-refractivity contribution in [2.45, 2.75) is 70.3 Å². The highest BCUT2D eigenvalue weighted by molar-refractivity contribution is 6.07. The minimum atomic E-state index is -0.174. The van der Waals surface area contributed by atoms with E-state index in [0.717, 1.165) is 51.4 Å². The molecule has 0 aromatic heterocycles. The molecule has 0 aromatic rings. The summed E-state index contributed by atoms with van der Waals surface area (Å²) in [6.45, 7) is -0.0822. The van der Waals surface area contributed by atoms with Crippen LogP contribution < -0.4 is 5.32 Å². The maximum absolute atomic E-state index is 12.4. The largest absolute Gasteiger partial charge is 0.352 e. The molecule has 3 fully saturated rings. The zero-order chi connectivity index (χ0) is 15.5. The highest BCUT2D eigenvalue weighted by Crippen LogP contribution is 2.37. The molecule has 5 heteroatoms. The monoisotopic (exact) mass is 306 g/mol. The molecule has 0 unspecified atom stereocenters. The van der Waals surface area contributed by atoms with Crippen LogP contribution in [0.4, 0.5) is 0 Å². The lowest BCUT2D eigenvalue weighted by Crippen LogP contribution is -2.44. The third-order valence-corrected chi connectivity index (χ3v) is 5.45. The summed E-state index contributed by atoms with van der Waals surface area (Å²) in [5.74, 6) is -0.734. The van der Waals surface area contributed by atoms with Gasteiger partial charge in [-0.3, -0.25) is 19.3 Å². The fraction of sp³-hybridized carbons (Fsp3) is 0.824. The van der Waals surface area contributed by atoms with Gasteiger partial charge < -0.3 is 5.32 Å². The van der Waals surface area contributed by atoms with Gasteiger partial charge in [-0.25, -0.2) is 0 Å². The van der Waals surface area contributed by atoms with Crippen LogP contribution in [0.3, 0.4) is 0 Å². The van der Waals surface area contributed by atoms with Crippen LogP contribution in [0.15, 0.2) is 0 Å². The van der Waals surface area contributed by atoms with E-state index in [1.54, 1.807) is 0 Å². The average Bonchev–Trinajstić information content (AvgIpc) is 2.72. The highest BCUT2D eigenvalue weighted by atomic mass is 16.2. The Labute approximate surface area is 131 Å². The van der Waals surface area contributed by atoms with Crippen LogP contribution >= 0.6 is 0 Å². The molecule has 2 saturated carbocycles. The van der Waals surface area contributed by atoms with Crippen LogP contribution in [-0.4, -0.2) is 35.2 Å². The van der Waals surface area contributed by atoms with Gasteiger partial charge in [0.2, 0.25) is 17.7 Å². The molecule has 0 spiro atoms. The van der Waals surface area contributed by atoms with E-state index in [1.807, 2.05) is 0 Å². The molecule has 2 aliphatic carbocycles. The average molecular weight is 306 g/mol. The highest BCUT2D eigenvalue weighted by Gasteiger charge is 2.48. The van der Waals surface area contributed by atoms with Gasteiger partial charge in [0.05, 0.1) is 11.8 Å². The maximum atomic E-state index is 12.4. The fourth-order valence-electron chi connectivity index (χ4n) is 4.23. The number of nitrogens with one attached hydrogen (secondary N) is 1. The van der Waals surface area contributed by atoms with E-state index >= 15 is 0 Å². The molecule has 3 rings (SSSR count). The van der Waals surface area contributed by atoms with Crippen molar-refractivity contribution in [3.05, 3.63) is 0 Å². The minimum Gasteiger partial charge on any atom is -0.352 e. The second-order valence-corrected chi connectivity index (χ2v) is 7.02. The van der Waals surface area contributed by atoms with E-state index in [1.165, 1.54) is 17.7 Å². The maximum Gasteiger partial charge on any atom is 0.240 e. The van der Waals surface area contributed by atoms with Gasteiger partial charge in [-0.2, -0.15) is 0 Å². The van der Waals surface area contributed by atoms with Gasteiger partial charge in [0, 0.05) is 6.04 Å². The van der Waals surface area contributed by atoms with Crippen LogP contribution in [0.2, 0.25) is 0 Å². The summed E-state index contributed by atoms with van der Waals surface area (Å²) in [6, 6.07) is 0.213. The first-order chi connectivity index (χ1) is 10.7. The Hall–Kier alpha value is -1.39. The van der Waals surface area contributed by atoms with Crippen molar-refractivity contribution in [3.8, 4) is 0 Å². The first kappa shape index (κ1) is 15.5. The molecular weight excluding hydrogens is 280 g/mol. The van der Waals surface area contributed by atoms with E-state index in [0.29, 0.717) is 0 Å². The Morgan fingerprint density at radius 1 is 0.864 bits per heavy atom. The smallest absolute Gasteiger partial charge is 0.240 e. The molecule has 3 aliphatic rings. The van der Waals surface area contributed by atoms with Crippen LogP contribution in [0.5, 0.6) is 0 Å². The second kappa shape index (κ2) is 6.80. The van der Waals surface area contributed by atoms with Gasteiger partial charge >= 0.3 is 0 Å². The lowest BCUT2D eigenvalue weighted by atomic mass is 9.81. The number of rotatable bonds is 3. The van der Waals surface area contributed by atoms with Crippen molar-refractivity contribution in [2.75, 3.05) is 6.54 Å². The van der Waals surface area contributed by atoms with Gasteiger partial charge in [0.1, 0.15) is 6.54 Å². The summed E-state index contributed by atoms with van der Waals surface area (Å²) in [5.41, 5.74) is 0. The van der Waals surface area contributed by atoms with Crippen molar-refractivity contribution in [1.82, 2.24) is 10.2 Å². The number of carbonyl (C=O) groups is 3. The van der Waals surface area contributed by atoms with E-state index in [-0.39, 0.29) is 42.1 Å². The van der Waals surface area contributed by atoms with Crippen LogP contribution in [0.25, 0.3) is 0 Å². The van der Waals surface area contributed by atoms with Gasteiger partial charge in [-0.15, -0.1) is 0 Å². The zero-order valence-corrected chi connectivity index (χ0v) is 13.2. The van der Waals surface area contributed by atoms with Crippen LogP contribution in [-0.2, 0) is 14.4 Å². The predicted octanol–water partition coefficient (Wildman–Crippen LogP) is 2.00. The molecule has 22 heavy (non-hydrogen) atoms. The normalized spacial score (nSPS) is 30.1. The first-order valence-electron chi connectivity index (χ1n) is 8.81. The summed E-state index contributed by atoms with van der Waals surface area (Å²) in [7, 11) is 0. The Balaban J connectivity index is 1.56. The molecule has 122 valence electrons. The van der Waals surface area contributed by atoms with Crippen molar-refractivity contribution in [3.63, 3.8) is 0 Å². The Morgan fingerprint density at radius 2 is 1.36 bits per heavy atom. The van der Waals surface area contributed by atoms with Crippen molar-refractivity contribution >= 4 is 17.7 Å². The lowest BCUT2D eigenvalue weighted by Gasteiger charge is -2.19. The quantitative estimate of drug-likeness (QED) is 0.640. The number of hydrogen-bond acceptors (Lipinski definition) is 3. The van der Waals surface area contributed by atoms with E-state index < -0.39 is 0 Å². The SMILES string of the molecule is O=C(CN1C(=O)[C@H]2CCCC[C@@H]2C1=O)NC1CCCCCC1. The third kappa shape index (κ3) is 3.18. The summed E-state index contributed by atoms with van der Waals surface area (Å²) in [4.78, 5) is 38.1. The van der Waals surface area contributed by atoms with E-state index in [4.69, 9.17) is 0 Å². The molecule has 0 bridgehead atoms. The molecular formula is C17H26N2O3. The predicted molar refractivity (Wildman–Crippen MR) is 81.8 cm³/mol. The Bertz CT molecular complexity index is 431. The summed E-state index contributed by atoms with van der Waals surface area (Å²) >= 11 is 0. The third-order valence-electron chi connectivity index (χ3n) is 5.45. The van der Waals surface area contributed by atoms with Gasteiger partial charge in [0.25, 0.3) is 0 Å².